The fraction of sp³-hybridized carbons (Fsp3) is 0.375. The number of aromatic nitrogens is 1. The molecule has 1 aromatic carbocycles. The average molecular weight is 367 g/mol. The number of benzene rings is 1. The fourth-order valence-electron chi connectivity index (χ4n) is 1.75. The van der Waals surface area contributed by atoms with E-state index in [4.69, 9.17) is 9.26 Å². The van der Waals surface area contributed by atoms with E-state index in [1.54, 1.807) is 6.92 Å². The van der Waals surface area contributed by atoms with Crippen molar-refractivity contribution in [3.63, 3.8) is 0 Å². The minimum Gasteiger partial charge on any atom is -0.446 e. The van der Waals surface area contributed by atoms with Crippen molar-refractivity contribution >= 4 is 27.7 Å². The highest BCUT2D eigenvalue weighted by atomic mass is 79.9. The number of ether oxygens (including phenoxy) is 1. The van der Waals surface area contributed by atoms with Gasteiger partial charge in [-0.15, -0.1) is 0 Å². The van der Waals surface area contributed by atoms with Crippen LogP contribution in [0, 0.1) is 12.8 Å². The van der Waals surface area contributed by atoms with Crippen LogP contribution in [0.4, 0.5) is 10.5 Å². The molecule has 0 fully saturated rings. The van der Waals surface area contributed by atoms with E-state index in [-0.39, 0.29) is 12.0 Å². The predicted molar refractivity (Wildman–Crippen MR) is 88.8 cm³/mol. The summed E-state index contributed by atoms with van der Waals surface area (Å²) >= 11 is 3.39. The van der Waals surface area contributed by atoms with Gasteiger partial charge < -0.3 is 9.26 Å². The Balaban J connectivity index is 2.19. The first-order valence-electron chi connectivity index (χ1n) is 7.08. The van der Waals surface area contributed by atoms with Gasteiger partial charge >= 0.3 is 6.09 Å². The number of halogens is 1. The van der Waals surface area contributed by atoms with Gasteiger partial charge in [0.15, 0.2) is 5.76 Å². The summed E-state index contributed by atoms with van der Waals surface area (Å²) in [4.78, 5) is 12.0. The molecule has 0 aliphatic rings. The van der Waals surface area contributed by atoms with Gasteiger partial charge in [0, 0.05) is 10.0 Å². The van der Waals surface area contributed by atoms with E-state index in [1.807, 2.05) is 45.0 Å². The van der Waals surface area contributed by atoms with Crippen LogP contribution < -0.4 is 5.32 Å². The van der Waals surface area contributed by atoms with Crippen LogP contribution in [0.1, 0.15) is 26.5 Å². The van der Waals surface area contributed by atoms with Crippen LogP contribution in [0.25, 0.3) is 11.3 Å². The molecule has 0 spiro atoms. The number of amides is 1. The standard InChI is InChI=1S/C16H19BrN2O3/c1-9(2)11(4)21-16(20)18-14-10(3)19-22-15(14)12-5-7-13(17)8-6-12/h5-9,11H,1-4H3,(H,18,20). The summed E-state index contributed by atoms with van der Waals surface area (Å²) in [7, 11) is 0. The molecule has 0 radical (unpaired) electrons. The van der Waals surface area contributed by atoms with Gasteiger partial charge in [-0.25, -0.2) is 4.79 Å². The van der Waals surface area contributed by atoms with E-state index < -0.39 is 6.09 Å². The highest BCUT2D eigenvalue weighted by molar-refractivity contribution is 9.10. The SMILES string of the molecule is Cc1noc(-c2ccc(Br)cc2)c1NC(=O)OC(C)C(C)C. The molecule has 0 saturated carbocycles. The molecular weight excluding hydrogens is 348 g/mol. The molecule has 5 nitrogen and oxygen atoms in total. The molecule has 1 N–H and O–H groups in total. The van der Waals surface area contributed by atoms with Crippen molar-refractivity contribution in [1.82, 2.24) is 5.16 Å². The number of rotatable bonds is 4. The van der Waals surface area contributed by atoms with Gasteiger partial charge in [0.25, 0.3) is 0 Å². The van der Waals surface area contributed by atoms with E-state index >= 15 is 0 Å². The van der Waals surface area contributed by atoms with Crippen LogP contribution in [0.3, 0.4) is 0 Å². The largest absolute Gasteiger partial charge is 0.446 e. The Labute approximate surface area is 138 Å². The summed E-state index contributed by atoms with van der Waals surface area (Å²) < 4.78 is 11.6. The molecule has 1 atom stereocenters. The van der Waals surface area contributed by atoms with E-state index in [0.717, 1.165) is 10.0 Å². The number of carbonyl (C=O) groups is 1. The Morgan fingerprint density at radius 3 is 2.50 bits per heavy atom. The lowest BCUT2D eigenvalue weighted by Crippen LogP contribution is -2.24. The molecule has 6 heteroatoms. The number of nitrogens with one attached hydrogen (secondary N) is 1. The summed E-state index contributed by atoms with van der Waals surface area (Å²) in [6, 6.07) is 7.57. The maximum absolute atomic E-state index is 12.0. The summed E-state index contributed by atoms with van der Waals surface area (Å²) in [6.07, 6.45) is -0.679. The second kappa shape index (κ2) is 6.96. The lowest BCUT2D eigenvalue weighted by Gasteiger charge is -2.16. The summed E-state index contributed by atoms with van der Waals surface area (Å²) in [5.74, 6) is 0.763. The zero-order valence-electron chi connectivity index (χ0n) is 13.0. The van der Waals surface area contributed by atoms with Gasteiger partial charge in [0.05, 0.1) is 0 Å². The zero-order valence-corrected chi connectivity index (χ0v) is 14.6. The lowest BCUT2D eigenvalue weighted by atomic mass is 10.1. The Bertz CT molecular complexity index is 650. The molecule has 0 aliphatic heterocycles. The molecule has 2 rings (SSSR count). The summed E-state index contributed by atoms with van der Waals surface area (Å²) in [5.41, 5.74) is 1.96. The van der Waals surface area contributed by atoms with Crippen LogP contribution in [0.2, 0.25) is 0 Å². The van der Waals surface area contributed by atoms with Crippen molar-refractivity contribution in [3.8, 4) is 11.3 Å². The van der Waals surface area contributed by atoms with Crippen molar-refractivity contribution in [3.05, 3.63) is 34.4 Å². The van der Waals surface area contributed by atoms with Gasteiger partial charge in [-0.2, -0.15) is 0 Å². The molecule has 1 heterocycles. The molecule has 1 amide bonds. The number of hydrogen-bond acceptors (Lipinski definition) is 4. The second-order valence-corrected chi connectivity index (χ2v) is 6.37. The normalized spacial score (nSPS) is 12.3. The predicted octanol–water partition coefficient (Wildman–Crippen LogP) is 5.01. The number of aryl methyl sites for hydroxylation is 1. The molecule has 1 aromatic heterocycles. The van der Waals surface area contributed by atoms with Gasteiger partial charge in [-0.1, -0.05) is 34.9 Å². The second-order valence-electron chi connectivity index (χ2n) is 5.46. The third-order valence-electron chi connectivity index (χ3n) is 3.43. The third kappa shape index (κ3) is 3.88. The molecule has 118 valence electrons. The van der Waals surface area contributed by atoms with Crippen molar-refractivity contribution in [2.75, 3.05) is 5.32 Å². The van der Waals surface area contributed by atoms with Gasteiger partial charge in [-0.05, 0) is 44.0 Å². The lowest BCUT2D eigenvalue weighted by molar-refractivity contribution is 0.0940. The number of anilines is 1. The Morgan fingerprint density at radius 1 is 1.27 bits per heavy atom. The topological polar surface area (TPSA) is 64.4 Å². The first-order valence-corrected chi connectivity index (χ1v) is 7.87. The van der Waals surface area contributed by atoms with E-state index in [2.05, 4.69) is 26.4 Å². The Hall–Kier alpha value is -1.82. The number of carbonyl (C=O) groups excluding carboxylic acids is 1. The van der Waals surface area contributed by atoms with Gasteiger partial charge in [-0.3, -0.25) is 5.32 Å². The van der Waals surface area contributed by atoms with Gasteiger partial charge in [0.2, 0.25) is 0 Å². The first-order chi connectivity index (χ1) is 10.4. The maximum Gasteiger partial charge on any atom is 0.412 e. The monoisotopic (exact) mass is 366 g/mol. The van der Waals surface area contributed by atoms with Crippen LogP contribution in [0.15, 0.2) is 33.3 Å². The average Bonchev–Trinajstić information content (AvgIpc) is 2.81. The Morgan fingerprint density at radius 2 is 1.91 bits per heavy atom. The first kappa shape index (κ1) is 16.5. The minimum atomic E-state index is -0.508. The van der Waals surface area contributed by atoms with Crippen LogP contribution in [-0.2, 0) is 4.74 Å². The molecule has 1 unspecified atom stereocenters. The molecule has 0 aliphatic carbocycles. The highest BCUT2D eigenvalue weighted by Crippen LogP contribution is 2.31. The minimum absolute atomic E-state index is 0.170. The van der Waals surface area contributed by atoms with Crippen molar-refractivity contribution in [1.29, 1.82) is 0 Å². The number of nitrogens with zero attached hydrogens (tertiary/aromatic N) is 1. The highest BCUT2D eigenvalue weighted by Gasteiger charge is 2.20. The molecular formula is C16H19BrN2O3. The molecule has 2 aromatic rings. The third-order valence-corrected chi connectivity index (χ3v) is 3.96. The summed E-state index contributed by atoms with van der Waals surface area (Å²) in [5, 5.41) is 6.65. The van der Waals surface area contributed by atoms with Crippen LogP contribution >= 0.6 is 15.9 Å². The maximum atomic E-state index is 12.0. The zero-order chi connectivity index (χ0) is 16.3. The smallest absolute Gasteiger partial charge is 0.412 e. The van der Waals surface area contributed by atoms with Crippen molar-refractivity contribution < 1.29 is 14.1 Å². The summed E-state index contributed by atoms with van der Waals surface area (Å²) in [6.45, 7) is 7.62. The van der Waals surface area contributed by atoms with Crippen molar-refractivity contribution in [2.24, 2.45) is 5.92 Å². The quantitative estimate of drug-likeness (QED) is 0.826. The van der Waals surface area contributed by atoms with Crippen LogP contribution in [-0.4, -0.2) is 17.4 Å². The van der Waals surface area contributed by atoms with E-state index in [1.165, 1.54) is 0 Å². The van der Waals surface area contributed by atoms with Crippen LogP contribution in [0.5, 0.6) is 0 Å². The molecule has 22 heavy (non-hydrogen) atoms. The molecule has 0 bridgehead atoms. The molecule has 0 saturated heterocycles. The number of hydrogen-bond donors (Lipinski definition) is 1. The van der Waals surface area contributed by atoms with Gasteiger partial charge in [0.1, 0.15) is 17.5 Å². The fourth-order valence-corrected chi connectivity index (χ4v) is 2.02. The van der Waals surface area contributed by atoms with Crippen molar-refractivity contribution in [2.45, 2.75) is 33.8 Å². The van der Waals surface area contributed by atoms with E-state index in [0.29, 0.717) is 17.1 Å². The van der Waals surface area contributed by atoms with E-state index in [9.17, 15) is 4.79 Å². The Kier molecular flexibility index (Phi) is 5.24.